The topological polar surface area (TPSA) is 73.8 Å². The second-order valence-electron chi connectivity index (χ2n) is 7.03. The third-order valence-electron chi connectivity index (χ3n) is 5.17. The van der Waals surface area contributed by atoms with Crippen LogP contribution in [0.25, 0.3) is 10.2 Å². The highest BCUT2D eigenvalue weighted by Crippen LogP contribution is 2.33. The summed E-state index contributed by atoms with van der Waals surface area (Å²) in [4.78, 5) is 45.4. The molecule has 0 N–H and O–H groups in total. The number of thiazole rings is 1. The van der Waals surface area contributed by atoms with Gasteiger partial charge in [-0.25, -0.2) is 14.7 Å². The number of hydrogen-bond donors (Lipinski definition) is 0. The van der Waals surface area contributed by atoms with Gasteiger partial charge in [-0.1, -0.05) is 19.1 Å². The number of amides is 4. The van der Waals surface area contributed by atoms with Crippen LogP contribution >= 0.6 is 11.3 Å². The molecule has 8 heteroatoms. The highest BCUT2D eigenvalue weighted by atomic mass is 32.1. The van der Waals surface area contributed by atoms with Crippen LogP contribution in [0.5, 0.6) is 0 Å². The monoisotopic (exact) mass is 386 g/mol. The zero-order valence-electron chi connectivity index (χ0n) is 15.3. The number of fused-ring (bicyclic) bond motifs is 1. The summed E-state index contributed by atoms with van der Waals surface area (Å²) in [6.45, 7) is 3.91. The van der Waals surface area contributed by atoms with Gasteiger partial charge in [-0.15, -0.1) is 11.3 Å². The number of aromatic nitrogens is 1. The van der Waals surface area contributed by atoms with Crippen molar-refractivity contribution in [1.82, 2.24) is 19.7 Å². The van der Waals surface area contributed by atoms with Gasteiger partial charge in [-0.2, -0.15) is 0 Å². The molecule has 4 rings (SSSR count). The molecule has 2 aliphatic rings. The SMILES string of the molecule is CCCN1C(=O)C(=O)N(CN2CCC(c3nc4ccccc4s3)CC2)C1=O. The molecule has 2 fully saturated rings. The van der Waals surface area contributed by atoms with Gasteiger partial charge >= 0.3 is 17.8 Å². The summed E-state index contributed by atoms with van der Waals surface area (Å²) in [6, 6.07) is 7.67. The maximum atomic E-state index is 12.4. The molecule has 7 nitrogen and oxygen atoms in total. The second-order valence-corrected chi connectivity index (χ2v) is 8.09. The minimum Gasteiger partial charge on any atom is -0.285 e. The highest BCUT2D eigenvalue weighted by molar-refractivity contribution is 7.18. The van der Waals surface area contributed by atoms with Gasteiger partial charge in [-0.3, -0.25) is 19.4 Å². The van der Waals surface area contributed by atoms with Crippen LogP contribution in [0.3, 0.4) is 0 Å². The van der Waals surface area contributed by atoms with E-state index in [4.69, 9.17) is 4.98 Å². The Morgan fingerprint density at radius 2 is 1.78 bits per heavy atom. The van der Waals surface area contributed by atoms with Gasteiger partial charge in [-0.05, 0) is 31.4 Å². The molecule has 0 bridgehead atoms. The molecule has 0 unspecified atom stereocenters. The molecule has 0 radical (unpaired) electrons. The van der Waals surface area contributed by atoms with E-state index >= 15 is 0 Å². The smallest absolute Gasteiger partial charge is 0.285 e. The Morgan fingerprint density at radius 3 is 2.48 bits per heavy atom. The molecule has 4 amide bonds. The zero-order valence-corrected chi connectivity index (χ0v) is 16.1. The average Bonchev–Trinajstić information content (AvgIpc) is 3.20. The molecule has 2 saturated heterocycles. The number of hydrogen-bond acceptors (Lipinski definition) is 6. The number of nitrogens with zero attached hydrogens (tertiary/aromatic N) is 4. The van der Waals surface area contributed by atoms with Gasteiger partial charge in [0.25, 0.3) is 0 Å². The van der Waals surface area contributed by atoms with Crippen molar-refractivity contribution in [3.05, 3.63) is 29.3 Å². The predicted molar refractivity (Wildman–Crippen MR) is 102 cm³/mol. The molecular formula is C19H22N4O3S. The van der Waals surface area contributed by atoms with Crippen LogP contribution in [-0.4, -0.2) is 63.8 Å². The number of urea groups is 1. The van der Waals surface area contributed by atoms with E-state index in [2.05, 4.69) is 11.0 Å². The molecule has 1 aromatic carbocycles. The van der Waals surface area contributed by atoms with Crippen molar-refractivity contribution in [2.24, 2.45) is 0 Å². The quantitative estimate of drug-likeness (QED) is 0.583. The Balaban J connectivity index is 1.37. The van der Waals surface area contributed by atoms with E-state index in [0.29, 0.717) is 18.9 Å². The first-order valence-electron chi connectivity index (χ1n) is 9.33. The third-order valence-corrected chi connectivity index (χ3v) is 6.37. The summed E-state index contributed by atoms with van der Waals surface area (Å²) in [5.41, 5.74) is 1.04. The number of likely N-dealkylation sites (tertiary alicyclic amines) is 1. The average molecular weight is 386 g/mol. The van der Waals surface area contributed by atoms with Gasteiger partial charge < -0.3 is 0 Å². The van der Waals surface area contributed by atoms with Gasteiger partial charge in [0.1, 0.15) is 0 Å². The van der Waals surface area contributed by atoms with Crippen molar-refractivity contribution in [1.29, 1.82) is 0 Å². The molecule has 142 valence electrons. The number of rotatable bonds is 5. The molecule has 1 aromatic heterocycles. The lowest BCUT2D eigenvalue weighted by Crippen LogP contribution is -2.45. The molecule has 0 atom stereocenters. The normalized spacial score (nSPS) is 19.7. The molecule has 0 spiro atoms. The lowest BCUT2D eigenvalue weighted by molar-refractivity contribution is -0.144. The Hall–Kier alpha value is -2.32. The minimum atomic E-state index is -0.707. The molecule has 3 heterocycles. The summed E-state index contributed by atoms with van der Waals surface area (Å²) in [6.07, 6.45) is 2.51. The van der Waals surface area contributed by atoms with Crippen LogP contribution in [0.4, 0.5) is 4.79 Å². The van der Waals surface area contributed by atoms with Crippen molar-refractivity contribution in [3.8, 4) is 0 Å². The number of piperidine rings is 1. The van der Waals surface area contributed by atoms with E-state index in [1.54, 1.807) is 11.3 Å². The molecule has 2 aromatic rings. The maximum Gasteiger partial charge on any atom is 0.335 e. The Morgan fingerprint density at radius 1 is 1.07 bits per heavy atom. The van der Waals surface area contributed by atoms with Gasteiger partial charge in [0.15, 0.2) is 0 Å². The second kappa shape index (κ2) is 7.36. The van der Waals surface area contributed by atoms with Crippen molar-refractivity contribution in [3.63, 3.8) is 0 Å². The predicted octanol–water partition coefficient (Wildman–Crippen LogP) is 2.63. The maximum absolute atomic E-state index is 12.4. The van der Waals surface area contributed by atoms with Crippen molar-refractivity contribution in [2.45, 2.75) is 32.1 Å². The Labute approximate surface area is 161 Å². The summed E-state index contributed by atoms with van der Waals surface area (Å²) in [5.74, 6) is -1.00. The Bertz CT molecular complexity index is 855. The molecular weight excluding hydrogens is 364 g/mol. The van der Waals surface area contributed by atoms with Gasteiger partial charge in [0, 0.05) is 25.6 Å². The molecule has 0 saturated carbocycles. The van der Waals surface area contributed by atoms with Crippen LogP contribution in [0.15, 0.2) is 24.3 Å². The van der Waals surface area contributed by atoms with Crippen LogP contribution in [0.2, 0.25) is 0 Å². The molecule has 2 aliphatic heterocycles. The fourth-order valence-electron chi connectivity index (χ4n) is 3.68. The van der Waals surface area contributed by atoms with E-state index < -0.39 is 17.8 Å². The first-order valence-corrected chi connectivity index (χ1v) is 10.1. The fraction of sp³-hybridized carbons (Fsp3) is 0.474. The van der Waals surface area contributed by atoms with Gasteiger partial charge in [0.2, 0.25) is 0 Å². The van der Waals surface area contributed by atoms with Gasteiger partial charge in [0.05, 0.1) is 21.9 Å². The van der Waals surface area contributed by atoms with E-state index in [-0.39, 0.29) is 6.67 Å². The lowest BCUT2D eigenvalue weighted by Gasteiger charge is -2.32. The number of imide groups is 2. The van der Waals surface area contributed by atoms with Crippen molar-refractivity contribution >= 4 is 39.4 Å². The Kier molecular flexibility index (Phi) is 4.92. The van der Waals surface area contributed by atoms with Crippen LogP contribution in [0, 0.1) is 0 Å². The highest BCUT2D eigenvalue weighted by Gasteiger charge is 2.44. The number of carbonyl (C=O) groups excluding carboxylic acids is 3. The van der Waals surface area contributed by atoms with Crippen molar-refractivity contribution < 1.29 is 14.4 Å². The van der Waals surface area contributed by atoms with Crippen LogP contribution in [-0.2, 0) is 9.59 Å². The summed E-state index contributed by atoms with van der Waals surface area (Å²) in [5, 5.41) is 1.16. The summed E-state index contributed by atoms with van der Waals surface area (Å²) in [7, 11) is 0. The minimum absolute atomic E-state index is 0.191. The first-order chi connectivity index (χ1) is 13.1. The van der Waals surface area contributed by atoms with E-state index in [1.165, 1.54) is 4.70 Å². The van der Waals surface area contributed by atoms with E-state index in [9.17, 15) is 14.4 Å². The number of carbonyl (C=O) groups is 3. The third kappa shape index (κ3) is 3.35. The molecule has 27 heavy (non-hydrogen) atoms. The number of benzene rings is 1. The summed E-state index contributed by atoms with van der Waals surface area (Å²) < 4.78 is 1.21. The largest absolute Gasteiger partial charge is 0.335 e. The van der Waals surface area contributed by atoms with E-state index in [1.807, 2.05) is 25.1 Å². The summed E-state index contributed by atoms with van der Waals surface area (Å²) >= 11 is 1.75. The zero-order chi connectivity index (χ0) is 19.0. The van der Waals surface area contributed by atoms with Crippen LogP contribution in [0.1, 0.15) is 37.1 Å². The van der Waals surface area contributed by atoms with E-state index in [0.717, 1.165) is 46.3 Å². The van der Waals surface area contributed by atoms with Crippen molar-refractivity contribution in [2.75, 3.05) is 26.3 Å². The number of para-hydroxylation sites is 1. The first kappa shape index (κ1) is 18.1. The fourth-order valence-corrected chi connectivity index (χ4v) is 4.82. The van der Waals surface area contributed by atoms with Crippen LogP contribution < -0.4 is 0 Å². The lowest BCUT2D eigenvalue weighted by atomic mass is 9.98. The molecule has 0 aliphatic carbocycles. The standard InChI is InChI=1S/C19H22N4O3S/c1-2-9-22-17(24)18(25)23(19(22)26)12-21-10-7-13(8-11-21)16-20-14-5-3-4-6-15(14)27-16/h3-6,13H,2,7-12H2,1H3.